The number of nitrogens with one attached hydrogen (secondary N) is 1. The van der Waals surface area contributed by atoms with Crippen LogP contribution in [0.5, 0.6) is 0 Å². The molecule has 1 aliphatic carbocycles. The molecule has 1 amide bonds. The van der Waals surface area contributed by atoms with Crippen molar-refractivity contribution in [1.82, 2.24) is 5.32 Å². The first-order chi connectivity index (χ1) is 5.63. The summed E-state index contributed by atoms with van der Waals surface area (Å²) in [4.78, 5) is 10.7. The number of primary amides is 1. The molecule has 4 nitrogen and oxygen atoms in total. The molecule has 0 radical (unpaired) electrons. The topological polar surface area (TPSA) is 64.3 Å². The maximum atomic E-state index is 10.7. The van der Waals surface area contributed by atoms with Crippen LogP contribution in [-0.4, -0.2) is 31.2 Å². The van der Waals surface area contributed by atoms with E-state index in [1.165, 1.54) is 0 Å². The fraction of sp³-hybridized carbons (Fsp3) is 0.875. The van der Waals surface area contributed by atoms with Crippen LogP contribution in [0.25, 0.3) is 0 Å². The van der Waals surface area contributed by atoms with Gasteiger partial charge in [0.2, 0.25) is 5.91 Å². The summed E-state index contributed by atoms with van der Waals surface area (Å²) < 4.78 is 5.10. The Kier molecular flexibility index (Phi) is 3.05. The second-order valence-electron chi connectivity index (χ2n) is 3.32. The average Bonchev–Trinajstić information content (AvgIpc) is 1.94. The van der Waals surface area contributed by atoms with Crippen molar-refractivity contribution in [3.8, 4) is 0 Å². The highest BCUT2D eigenvalue weighted by Gasteiger charge is 2.30. The Balaban J connectivity index is 2.14. The van der Waals surface area contributed by atoms with E-state index < -0.39 is 0 Å². The number of ether oxygens (including phenoxy) is 1. The second kappa shape index (κ2) is 3.87. The largest absolute Gasteiger partial charge is 0.381 e. The number of hydrogen-bond donors (Lipinski definition) is 2. The van der Waals surface area contributed by atoms with Crippen molar-refractivity contribution in [1.29, 1.82) is 0 Å². The molecule has 0 aliphatic heterocycles. The number of amides is 1. The van der Waals surface area contributed by atoms with Gasteiger partial charge in [-0.2, -0.15) is 0 Å². The molecular formula is C8H16N2O2. The highest BCUT2D eigenvalue weighted by molar-refractivity contribution is 5.79. The van der Waals surface area contributed by atoms with Crippen molar-refractivity contribution >= 4 is 5.91 Å². The van der Waals surface area contributed by atoms with E-state index in [0.717, 1.165) is 12.8 Å². The summed E-state index contributed by atoms with van der Waals surface area (Å²) in [6.45, 7) is 1.78. The average molecular weight is 172 g/mol. The van der Waals surface area contributed by atoms with Crippen molar-refractivity contribution in [2.45, 2.75) is 38.0 Å². The first kappa shape index (κ1) is 9.48. The Morgan fingerprint density at radius 1 is 1.67 bits per heavy atom. The summed E-state index contributed by atoms with van der Waals surface area (Å²) in [5, 5.41) is 3.13. The lowest BCUT2D eigenvalue weighted by molar-refractivity contribution is -0.120. The van der Waals surface area contributed by atoms with Crippen LogP contribution in [-0.2, 0) is 9.53 Å². The van der Waals surface area contributed by atoms with Crippen LogP contribution in [0.4, 0.5) is 0 Å². The maximum absolute atomic E-state index is 10.7. The summed E-state index contributed by atoms with van der Waals surface area (Å²) >= 11 is 0. The van der Waals surface area contributed by atoms with Crippen LogP contribution >= 0.6 is 0 Å². The number of rotatable bonds is 4. The van der Waals surface area contributed by atoms with Gasteiger partial charge in [-0.15, -0.1) is 0 Å². The number of carbonyl (C=O) groups excluding carboxylic acids is 1. The molecule has 12 heavy (non-hydrogen) atoms. The fourth-order valence-electron chi connectivity index (χ4n) is 1.33. The van der Waals surface area contributed by atoms with Gasteiger partial charge in [0.25, 0.3) is 0 Å². The molecule has 0 saturated heterocycles. The lowest BCUT2D eigenvalue weighted by Gasteiger charge is -2.36. The Hall–Kier alpha value is -0.610. The predicted molar refractivity (Wildman–Crippen MR) is 45.6 cm³/mol. The molecule has 0 aromatic heterocycles. The number of hydrogen-bond acceptors (Lipinski definition) is 3. The summed E-state index contributed by atoms with van der Waals surface area (Å²) in [5.74, 6) is -0.295. The van der Waals surface area contributed by atoms with Gasteiger partial charge in [0.1, 0.15) is 0 Å². The van der Waals surface area contributed by atoms with Gasteiger partial charge in [-0.1, -0.05) is 0 Å². The zero-order chi connectivity index (χ0) is 9.14. The molecule has 1 saturated carbocycles. The van der Waals surface area contributed by atoms with Crippen LogP contribution in [0.1, 0.15) is 19.8 Å². The highest BCUT2D eigenvalue weighted by atomic mass is 16.5. The zero-order valence-corrected chi connectivity index (χ0v) is 7.54. The molecule has 1 unspecified atom stereocenters. The van der Waals surface area contributed by atoms with Crippen LogP contribution in [0.3, 0.4) is 0 Å². The van der Waals surface area contributed by atoms with E-state index in [0.29, 0.717) is 12.1 Å². The first-order valence-corrected chi connectivity index (χ1v) is 4.21. The first-order valence-electron chi connectivity index (χ1n) is 4.21. The van der Waals surface area contributed by atoms with Gasteiger partial charge in [-0.3, -0.25) is 4.79 Å². The van der Waals surface area contributed by atoms with Gasteiger partial charge in [-0.05, 0) is 19.8 Å². The normalized spacial score (nSPS) is 30.8. The van der Waals surface area contributed by atoms with Crippen molar-refractivity contribution < 1.29 is 9.53 Å². The molecule has 1 rings (SSSR count). The monoisotopic (exact) mass is 172 g/mol. The van der Waals surface area contributed by atoms with E-state index in [2.05, 4.69) is 5.32 Å². The lowest BCUT2D eigenvalue weighted by Crippen LogP contribution is -2.52. The molecule has 4 heteroatoms. The van der Waals surface area contributed by atoms with Gasteiger partial charge in [0, 0.05) is 13.2 Å². The van der Waals surface area contributed by atoms with Crippen LogP contribution in [0, 0.1) is 0 Å². The van der Waals surface area contributed by atoms with Crippen LogP contribution in [0.15, 0.2) is 0 Å². The van der Waals surface area contributed by atoms with Crippen LogP contribution in [0.2, 0.25) is 0 Å². The van der Waals surface area contributed by atoms with Gasteiger partial charge in [-0.25, -0.2) is 0 Å². The molecule has 1 atom stereocenters. The van der Waals surface area contributed by atoms with E-state index >= 15 is 0 Å². The molecule has 0 aromatic carbocycles. The van der Waals surface area contributed by atoms with Crippen molar-refractivity contribution in [2.75, 3.05) is 7.11 Å². The summed E-state index contributed by atoms with van der Waals surface area (Å²) in [6.07, 6.45) is 2.32. The molecule has 0 bridgehead atoms. The minimum Gasteiger partial charge on any atom is -0.381 e. The molecule has 1 aliphatic rings. The number of carbonyl (C=O) groups is 1. The molecular weight excluding hydrogens is 156 g/mol. The van der Waals surface area contributed by atoms with Crippen molar-refractivity contribution in [3.63, 3.8) is 0 Å². The standard InChI is InChI=1S/C8H16N2O2/c1-5(8(9)11)10-6-3-7(4-6)12-2/h5-7,10H,3-4H2,1-2H3,(H2,9,11). The van der Waals surface area contributed by atoms with E-state index in [9.17, 15) is 4.79 Å². The summed E-state index contributed by atoms with van der Waals surface area (Å²) in [7, 11) is 1.71. The maximum Gasteiger partial charge on any atom is 0.234 e. The summed E-state index contributed by atoms with van der Waals surface area (Å²) in [6, 6.07) is 0.172. The lowest BCUT2D eigenvalue weighted by atomic mass is 9.89. The van der Waals surface area contributed by atoms with E-state index in [4.69, 9.17) is 10.5 Å². The third kappa shape index (κ3) is 2.19. The fourth-order valence-corrected chi connectivity index (χ4v) is 1.33. The third-order valence-electron chi connectivity index (χ3n) is 2.34. The Morgan fingerprint density at radius 2 is 2.25 bits per heavy atom. The Bertz CT molecular complexity index is 166. The molecule has 0 spiro atoms. The van der Waals surface area contributed by atoms with E-state index in [-0.39, 0.29) is 11.9 Å². The van der Waals surface area contributed by atoms with E-state index in [1.807, 2.05) is 0 Å². The predicted octanol–water partition coefficient (Wildman–Crippen LogP) is -0.373. The zero-order valence-electron chi connectivity index (χ0n) is 7.54. The van der Waals surface area contributed by atoms with Gasteiger partial charge >= 0.3 is 0 Å². The minimum atomic E-state index is -0.295. The quantitative estimate of drug-likeness (QED) is 0.608. The Morgan fingerprint density at radius 3 is 2.67 bits per heavy atom. The van der Waals surface area contributed by atoms with Gasteiger partial charge in [0.05, 0.1) is 12.1 Å². The molecule has 0 heterocycles. The van der Waals surface area contributed by atoms with Gasteiger partial charge in [0.15, 0.2) is 0 Å². The molecule has 3 N–H and O–H groups in total. The third-order valence-corrected chi connectivity index (χ3v) is 2.34. The van der Waals surface area contributed by atoms with E-state index in [1.54, 1.807) is 14.0 Å². The minimum absolute atomic E-state index is 0.229. The molecule has 70 valence electrons. The smallest absolute Gasteiger partial charge is 0.234 e. The van der Waals surface area contributed by atoms with Crippen molar-refractivity contribution in [2.24, 2.45) is 5.73 Å². The summed E-state index contributed by atoms with van der Waals surface area (Å²) in [5.41, 5.74) is 5.10. The Labute approximate surface area is 72.5 Å². The second-order valence-corrected chi connectivity index (χ2v) is 3.32. The molecule has 0 aromatic rings. The van der Waals surface area contributed by atoms with Gasteiger partial charge < -0.3 is 15.8 Å². The van der Waals surface area contributed by atoms with Crippen LogP contribution < -0.4 is 11.1 Å². The van der Waals surface area contributed by atoms with Crippen molar-refractivity contribution in [3.05, 3.63) is 0 Å². The highest BCUT2D eigenvalue weighted by Crippen LogP contribution is 2.22. The number of nitrogens with two attached hydrogens (primary N) is 1. The SMILES string of the molecule is COC1CC(NC(C)C(N)=O)C1. The number of methoxy groups -OCH3 is 1. The molecule has 1 fully saturated rings.